The van der Waals surface area contributed by atoms with Gasteiger partial charge < -0.3 is 9.47 Å². The fourth-order valence-corrected chi connectivity index (χ4v) is 3.19. The van der Waals surface area contributed by atoms with Crippen LogP contribution in [0.5, 0.6) is 0 Å². The van der Waals surface area contributed by atoms with Crippen molar-refractivity contribution in [3.8, 4) is 0 Å². The maximum absolute atomic E-state index is 12.0. The van der Waals surface area contributed by atoms with Crippen LogP contribution in [0.15, 0.2) is 36.7 Å². The molecule has 1 aromatic carbocycles. The minimum absolute atomic E-state index is 0.0193. The van der Waals surface area contributed by atoms with Gasteiger partial charge in [-0.2, -0.15) is 0 Å². The van der Waals surface area contributed by atoms with Crippen molar-refractivity contribution in [1.29, 1.82) is 0 Å². The number of rotatable bonds is 3. The first-order valence-electron chi connectivity index (χ1n) is 7.15. The number of methoxy groups -OCH3 is 2. The summed E-state index contributed by atoms with van der Waals surface area (Å²) in [6, 6.07) is 7.95. The molecule has 5 nitrogen and oxygen atoms in total. The maximum Gasteiger partial charge on any atom is 0.310 e. The molecule has 1 saturated carbocycles. The first-order valence-corrected chi connectivity index (χ1v) is 7.15. The second kappa shape index (κ2) is 5.75. The smallest absolute Gasteiger partial charge is 0.310 e. The number of hydrogen-bond donors (Lipinski definition) is 0. The van der Waals surface area contributed by atoms with Gasteiger partial charge in [0.1, 0.15) is 0 Å². The van der Waals surface area contributed by atoms with E-state index in [9.17, 15) is 9.59 Å². The second-order valence-electron chi connectivity index (χ2n) is 5.50. The molecule has 114 valence electrons. The zero-order valence-electron chi connectivity index (χ0n) is 12.5. The molecule has 0 N–H and O–H groups in total. The summed E-state index contributed by atoms with van der Waals surface area (Å²) in [5.74, 6) is -1.63. The number of carbonyl (C=O) groups is 2. The van der Waals surface area contributed by atoms with Crippen molar-refractivity contribution in [1.82, 2.24) is 4.98 Å². The summed E-state index contributed by atoms with van der Waals surface area (Å²) in [5.41, 5.74) is 1.04. The van der Waals surface area contributed by atoms with Crippen LogP contribution in [0.1, 0.15) is 17.9 Å². The summed E-state index contributed by atoms with van der Waals surface area (Å²) in [6.45, 7) is 0. The Morgan fingerprint density at radius 1 is 1.09 bits per heavy atom. The van der Waals surface area contributed by atoms with Crippen LogP contribution >= 0.6 is 0 Å². The highest BCUT2D eigenvalue weighted by Crippen LogP contribution is 2.48. The first-order chi connectivity index (χ1) is 10.7. The topological polar surface area (TPSA) is 65.5 Å². The molecule has 1 aliphatic rings. The number of benzene rings is 1. The second-order valence-corrected chi connectivity index (χ2v) is 5.50. The minimum Gasteiger partial charge on any atom is -0.469 e. The molecule has 5 heteroatoms. The fraction of sp³-hybridized carbons (Fsp3) is 0.353. The number of carbonyl (C=O) groups excluding carboxylic acids is 2. The van der Waals surface area contributed by atoms with E-state index in [0.29, 0.717) is 6.42 Å². The van der Waals surface area contributed by atoms with E-state index in [1.165, 1.54) is 14.2 Å². The lowest BCUT2D eigenvalue weighted by atomic mass is 9.62. The largest absolute Gasteiger partial charge is 0.469 e. The molecule has 0 aliphatic heterocycles. The van der Waals surface area contributed by atoms with Crippen LogP contribution < -0.4 is 0 Å². The van der Waals surface area contributed by atoms with Gasteiger partial charge in [-0.25, -0.2) is 0 Å². The van der Waals surface area contributed by atoms with Crippen LogP contribution in [-0.4, -0.2) is 31.1 Å². The lowest BCUT2D eigenvalue weighted by Gasteiger charge is -2.41. The van der Waals surface area contributed by atoms with Gasteiger partial charge in [0.05, 0.1) is 26.1 Å². The molecule has 3 rings (SSSR count). The normalized spacial score (nSPS) is 23.6. The van der Waals surface area contributed by atoms with Gasteiger partial charge in [-0.05, 0) is 29.4 Å². The lowest BCUT2D eigenvalue weighted by Crippen LogP contribution is -2.45. The minimum atomic E-state index is -0.475. The molecule has 0 spiro atoms. The lowest BCUT2D eigenvalue weighted by molar-refractivity contribution is -0.166. The predicted molar refractivity (Wildman–Crippen MR) is 80.1 cm³/mol. The number of fused-ring (bicyclic) bond motifs is 1. The first kappa shape index (κ1) is 14.5. The Labute approximate surface area is 128 Å². The molecule has 0 bridgehead atoms. The molecule has 2 aromatic rings. The molecule has 22 heavy (non-hydrogen) atoms. The highest BCUT2D eigenvalue weighted by Gasteiger charge is 2.51. The molecular weight excluding hydrogens is 282 g/mol. The van der Waals surface area contributed by atoms with Crippen LogP contribution in [0.3, 0.4) is 0 Å². The van der Waals surface area contributed by atoms with Gasteiger partial charge in [0.25, 0.3) is 0 Å². The van der Waals surface area contributed by atoms with E-state index < -0.39 is 11.8 Å². The van der Waals surface area contributed by atoms with Crippen molar-refractivity contribution < 1.29 is 19.1 Å². The van der Waals surface area contributed by atoms with Gasteiger partial charge in [-0.15, -0.1) is 0 Å². The monoisotopic (exact) mass is 299 g/mol. The van der Waals surface area contributed by atoms with Crippen LogP contribution in [0, 0.1) is 11.8 Å². The molecule has 3 unspecified atom stereocenters. The zero-order valence-corrected chi connectivity index (χ0v) is 12.5. The van der Waals surface area contributed by atoms with Gasteiger partial charge in [-0.3, -0.25) is 14.6 Å². The summed E-state index contributed by atoms with van der Waals surface area (Å²) in [5, 5.41) is 2.11. The number of aromatic nitrogens is 1. The van der Waals surface area contributed by atoms with E-state index in [1.807, 2.05) is 24.3 Å². The predicted octanol–water partition coefficient (Wildman–Crippen LogP) is 2.30. The van der Waals surface area contributed by atoms with Gasteiger partial charge in [0.15, 0.2) is 0 Å². The van der Waals surface area contributed by atoms with Crippen LogP contribution in [0.2, 0.25) is 0 Å². The highest BCUT2D eigenvalue weighted by molar-refractivity contribution is 5.86. The Kier molecular flexibility index (Phi) is 3.79. The highest BCUT2D eigenvalue weighted by atomic mass is 16.5. The Morgan fingerprint density at radius 3 is 2.59 bits per heavy atom. The van der Waals surface area contributed by atoms with E-state index in [0.717, 1.165) is 16.3 Å². The molecule has 1 aromatic heterocycles. The molecule has 0 saturated heterocycles. The standard InChI is InChI=1S/C17H17NO4/c1-21-16(19)14-8-13(15(14)17(20)22-2)11-3-4-12-9-18-6-5-10(12)7-11/h3-7,9,13-15H,8H2,1-2H3. The molecule has 1 heterocycles. The van der Waals surface area contributed by atoms with Gasteiger partial charge in [0.2, 0.25) is 0 Å². The van der Waals surface area contributed by atoms with Gasteiger partial charge in [-0.1, -0.05) is 18.2 Å². The van der Waals surface area contributed by atoms with Crippen molar-refractivity contribution in [3.05, 3.63) is 42.2 Å². The molecule has 0 radical (unpaired) electrons. The quantitative estimate of drug-likeness (QED) is 0.814. The fourth-order valence-electron chi connectivity index (χ4n) is 3.19. The zero-order chi connectivity index (χ0) is 15.7. The van der Waals surface area contributed by atoms with Crippen molar-refractivity contribution in [2.75, 3.05) is 14.2 Å². The maximum atomic E-state index is 12.0. The Balaban J connectivity index is 1.92. The van der Waals surface area contributed by atoms with E-state index in [1.54, 1.807) is 12.4 Å². The molecule has 0 amide bonds. The van der Waals surface area contributed by atoms with Crippen molar-refractivity contribution in [2.24, 2.45) is 11.8 Å². The van der Waals surface area contributed by atoms with Gasteiger partial charge >= 0.3 is 11.9 Å². The van der Waals surface area contributed by atoms with Gasteiger partial charge in [0, 0.05) is 17.8 Å². The third kappa shape index (κ3) is 2.32. The third-order valence-electron chi connectivity index (χ3n) is 4.44. The molecule has 1 aliphatic carbocycles. The summed E-state index contributed by atoms with van der Waals surface area (Å²) >= 11 is 0. The summed E-state index contributed by atoms with van der Waals surface area (Å²) in [7, 11) is 2.69. The average Bonchev–Trinajstić information content (AvgIpc) is 2.53. The molecule has 3 atom stereocenters. The summed E-state index contributed by atoms with van der Waals surface area (Å²) in [4.78, 5) is 27.9. The van der Waals surface area contributed by atoms with Crippen LogP contribution in [0.4, 0.5) is 0 Å². The SMILES string of the molecule is COC(=O)C1CC(c2ccc3cnccc3c2)C1C(=O)OC. The summed E-state index contributed by atoms with van der Waals surface area (Å²) < 4.78 is 9.64. The number of nitrogens with zero attached hydrogens (tertiary/aromatic N) is 1. The van der Waals surface area contributed by atoms with E-state index >= 15 is 0 Å². The summed E-state index contributed by atoms with van der Waals surface area (Å²) in [6.07, 6.45) is 4.14. The average molecular weight is 299 g/mol. The van der Waals surface area contributed by atoms with Crippen molar-refractivity contribution >= 4 is 22.7 Å². The molecular formula is C17H17NO4. The number of esters is 2. The molecule has 1 fully saturated rings. The Morgan fingerprint density at radius 2 is 1.86 bits per heavy atom. The Hall–Kier alpha value is -2.43. The van der Waals surface area contributed by atoms with Crippen LogP contribution in [0.25, 0.3) is 10.8 Å². The van der Waals surface area contributed by atoms with Crippen LogP contribution in [-0.2, 0) is 19.1 Å². The number of pyridine rings is 1. The Bertz CT molecular complexity index is 727. The van der Waals surface area contributed by atoms with Crippen molar-refractivity contribution in [3.63, 3.8) is 0 Å². The van der Waals surface area contributed by atoms with E-state index in [2.05, 4.69) is 4.98 Å². The third-order valence-corrected chi connectivity index (χ3v) is 4.44. The van der Waals surface area contributed by atoms with Crippen molar-refractivity contribution in [2.45, 2.75) is 12.3 Å². The number of hydrogen-bond acceptors (Lipinski definition) is 5. The number of ether oxygens (including phenoxy) is 2. The van der Waals surface area contributed by atoms with E-state index in [4.69, 9.17) is 9.47 Å². The van der Waals surface area contributed by atoms with E-state index in [-0.39, 0.29) is 17.9 Å².